The predicted octanol–water partition coefficient (Wildman–Crippen LogP) is 0.115. The molecule has 1 aromatic rings. The van der Waals surface area contributed by atoms with Gasteiger partial charge in [0.15, 0.2) is 5.76 Å². The van der Waals surface area contributed by atoms with E-state index in [1.807, 2.05) is 0 Å². The first-order valence-electron chi connectivity index (χ1n) is 4.34. The Balaban J connectivity index is 2.44. The number of hydrogen-bond donors (Lipinski definition) is 2. The van der Waals surface area contributed by atoms with Crippen molar-refractivity contribution in [3.05, 3.63) is 23.7 Å². The highest BCUT2D eigenvalue weighted by molar-refractivity contribution is 5.91. The highest BCUT2D eigenvalue weighted by atomic mass is 16.5. The summed E-state index contributed by atoms with van der Waals surface area (Å²) in [6.07, 6.45) is 0. The molecule has 14 heavy (non-hydrogen) atoms. The lowest BCUT2D eigenvalue weighted by atomic mass is 10.4. The van der Waals surface area contributed by atoms with Gasteiger partial charge in [-0.1, -0.05) is 0 Å². The maximum absolute atomic E-state index is 11.3. The molecule has 0 saturated heterocycles. The van der Waals surface area contributed by atoms with Gasteiger partial charge in [-0.05, 0) is 12.1 Å². The summed E-state index contributed by atoms with van der Waals surface area (Å²) in [5, 5.41) is 2.64. The molecule has 1 heterocycles. The minimum Gasteiger partial charge on any atom is -0.455 e. The van der Waals surface area contributed by atoms with E-state index in [1.165, 1.54) is 0 Å². The third kappa shape index (κ3) is 2.86. The van der Waals surface area contributed by atoms with Gasteiger partial charge in [0.05, 0.1) is 13.2 Å². The summed E-state index contributed by atoms with van der Waals surface area (Å²) in [5.41, 5.74) is 5.34. The molecule has 0 radical (unpaired) electrons. The summed E-state index contributed by atoms with van der Waals surface area (Å²) in [6.45, 7) is 1.25. The van der Waals surface area contributed by atoms with Crippen LogP contribution in [0.2, 0.25) is 0 Å². The lowest BCUT2D eigenvalue weighted by molar-refractivity contribution is 0.0908. The van der Waals surface area contributed by atoms with Crippen molar-refractivity contribution in [3.63, 3.8) is 0 Å². The molecule has 0 fully saturated rings. The topological polar surface area (TPSA) is 77.5 Å². The number of methoxy groups -OCH3 is 1. The molecule has 0 aromatic carbocycles. The Kier molecular flexibility index (Phi) is 4.15. The molecule has 3 N–H and O–H groups in total. The van der Waals surface area contributed by atoms with Crippen LogP contribution in [0.3, 0.4) is 0 Å². The predicted molar refractivity (Wildman–Crippen MR) is 50.8 cm³/mol. The number of nitrogens with two attached hydrogens (primary N) is 1. The molecule has 0 unspecified atom stereocenters. The fourth-order valence-corrected chi connectivity index (χ4v) is 0.963. The quantitative estimate of drug-likeness (QED) is 0.658. The molecule has 78 valence electrons. The highest BCUT2D eigenvalue weighted by Gasteiger charge is 2.09. The van der Waals surface area contributed by atoms with E-state index in [1.54, 1.807) is 19.2 Å². The molecule has 5 heteroatoms. The van der Waals surface area contributed by atoms with Crippen molar-refractivity contribution in [3.8, 4) is 0 Å². The maximum atomic E-state index is 11.3. The van der Waals surface area contributed by atoms with Crippen molar-refractivity contribution >= 4 is 5.91 Å². The van der Waals surface area contributed by atoms with E-state index in [9.17, 15) is 4.79 Å². The number of furan rings is 1. The van der Waals surface area contributed by atoms with Gasteiger partial charge in [-0.2, -0.15) is 0 Å². The summed E-state index contributed by atoms with van der Waals surface area (Å²) in [4.78, 5) is 11.3. The van der Waals surface area contributed by atoms with E-state index in [0.29, 0.717) is 25.5 Å². The Morgan fingerprint density at radius 2 is 2.43 bits per heavy atom. The average Bonchev–Trinajstić information content (AvgIpc) is 2.66. The van der Waals surface area contributed by atoms with Crippen LogP contribution < -0.4 is 11.1 Å². The van der Waals surface area contributed by atoms with Crippen LogP contribution in [0.25, 0.3) is 0 Å². The lowest BCUT2D eigenvalue weighted by Crippen LogP contribution is -2.26. The molecule has 0 saturated carbocycles. The molecule has 0 aliphatic carbocycles. The Hall–Kier alpha value is -1.33. The zero-order valence-corrected chi connectivity index (χ0v) is 8.08. The second kappa shape index (κ2) is 5.41. The van der Waals surface area contributed by atoms with Crippen LogP contribution in [0.1, 0.15) is 16.3 Å². The number of hydrogen-bond acceptors (Lipinski definition) is 4. The number of carbonyl (C=O) groups is 1. The molecule has 5 nitrogen and oxygen atoms in total. The first-order chi connectivity index (χ1) is 6.77. The van der Waals surface area contributed by atoms with Crippen LogP contribution in [0.4, 0.5) is 0 Å². The van der Waals surface area contributed by atoms with Gasteiger partial charge in [0.1, 0.15) is 5.76 Å². The fourth-order valence-electron chi connectivity index (χ4n) is 0.963. The smallest absolute Gasteiger partial charge is 0.287 e. The molecule has 1 rings (SSSR count). The molecular weight excluding hydrogens is 184 g/mol. The zero-order valence-electron chi connectivity index (χ0n) is 8.08. The largest absolute Gasteiger partial charge is 0.455 e. The van der Waals surface area contributed by atoms with Crippen LogP contribution in [0.5, 0.6) is 0 Å². The van der Waals surface area contributed by atoms with Crippen LogP contribution in [-0.2, 0) is 11.3 Å². The summed E-state index contributed by atoms with van der Waals surface area (Å²) >= 11 is 0. The monoisotopic (exact) mass is 198 g/mol. The maximum Gasteiger partial charge on any atom is 0.287 e. The van der Waals surface area contributed by atoms with E-state index < -0.39 is 0 Å². The average molecular weight is 198 g/mol. The Morgan fingerprint density at radius 1 is 1.64 bits per heavy atom. The minimum atomic E-state index is -0.248. The van der Waals surface area contributed by atoms with Gasteiger partial charge in [0.2, 0.25) is 0 Å². The second-order valence-electron chi connectivity index (χ2n) is 2.72. The van der Waals surface area contributed by atoms with E-state index in [4.69, 9.17) is 14.9 Å². The van der Waals surface area contributed by atoms with Crippen molar-refractivity contribution in [1.29, 1.82) is 0 Å². The Bertz CT molecular complexity index is 296. The highest BCUT2D eigenvalue weighted by Crippen LogP contribution is 2.06. The van der Waals surface area contributed by atoms with Crippen molar-refractivity contribution in [2.45, 2.75) is 6.54 Å². The summed E-state index contributed by atoms with van der Waals surface area (Å²) < 4.78 is 9.94. The van der Waals surface area contributed by atoms with Crippen LogP contribution in [0, 0.1) is 0 Å². The van der Waals surface area contributed by atoms with E-state index in [-0.39, 0.29) is 11.7 Å². The minimum absolute atomic E-state index is 0.248. The summed E-state index contributed by atoms with van der Waals surface area (Å²) in [6, 6.07) is 3.29. The number of carbonyl (C=O) groups excluding carboxylic acids is 1. The molecule has 0 aliphatic rings. The van der Waals surface area contributed by atoms with Crippen LogP contribution >= 0.6 is 0 Å². The molecule has 0 bridgehead atoms. The fraction of sp³-hybridized carbons (Fsp3) is 0.444. The van der Waals surface area contributed by atoms with Crippen molar-refractivity contribution in [2.24, 2.45) is 5.73 Å². The van der Waals surface area contributed by atoms with Gasteiger partial charge >= 0.3 is 0 Å². The van der Waals surface area contributed by atoms with Gasteiger partial charge in [-0.25, -0.2) is 0 Å². The van der Waals surface area contributed by atoms with Crippen molar-refractivity contribution < 1.29 is 13.9 Å². The SMILES string of the molecule is COCCNC(=O)c1ccc(CN)o1. The normalized spacial score (nSPS) is 10.1. The third-order valence-corrected chi connectivity index (χ3v) is 1.68. The van der Waals surface area contributed by atoms with E-state index in [2.05, 4.69) is 5.32 Å². The van der Waals surface area contributed by atoms with E-state index >= 15 is 0 Å². The van der Waals surface area contributed by atoms with Gasteiger partial charge in [-0.3, -0.25) is 4.79 Å². The first kappa shape index (κ1) is 10.7. The Morgan fingerprint density at radius 3 is 3.00 bits per heavy atom. The zero-order chi connectivity index (χ0) is 10.4. The summed E-state index contributed by atoms with van der Waals surface area (Å²) in [7, 11) is 1.57. The molecule has 0 spiro atoms. The second-order valence-corrected chi connectivity index (χ2v) is 2.72. The molecule has 1 aromatic heterocycles. The number of amides is 1. The van der Waals surface area contributed by atoms with Crippen molar-refractivity contribution in [2.75, 3.05) is 20.3 Å². The van der Waals surface area contributed by atoms with Crippen molar-refractivity contribution in [1.82, 2.24) is 5.32 Å². The standard InChI is InChI=1S/C9H14N2O3/c1-13-5-4-11-9(12)8-3-2-7(6-10)14-8/h2-3H,4-6,10H2,1H3,(H,11,12). The van der Waals surface area contributed by atoms with Crippen LogP contribution in [-0.4, -0.2) is 26.2 Å². The van der Waals surface area contributed by atoms with Gasteiger partial charge < -0.3 is 20.2 Å². The summed E-state index contributed by atoms with van der Waals surface area (Å²) in [5.74, 6) is 0.630. The molecule has 0 atom stereocenters. The molecule has 1 amide bonds. The van der Waals surface area contributed by atoms with Gasteiger partial charge in [0, 0.05) is 13.7 Å². The van der Waals surface area contributed by atoms with Gasteiger partial charge in [-0.15, -0.1) is 0 Å². The van der Waals surface area contributed by atoms with Gasteiger partial charge in [0.25, 0.3) is 5.91 Å². The number of nitrogens with one attached hydrogen (secondary N) is 1. The van der Waals surface area contributed by atoms with Crippen LogP contribution in [0.15, 0.2) is 16.5 Å². The molecular formula is C9H14N2O3. The third-order valence-electron chi connectivity index (χ3n) is 1.68. The number of rotatable bonds is 5. The number of ether oxygens (including phenoxy) is 1. The Labute approximate surface area is 82.2 Å². The first-order valence-corrected chi connectivity index (χ1v) is 4.34. The van der Waals surface area contributed by atoms with E-state index in [0.717, 1.165) is 0 Å². The molecule has 0 aliphatic heterocycles. The lowest BCUT2D eigenvalue weighted by Gasteiger charge is -2.01.